The van der Waals surface area contributed by atoms with E-state index in [0.717, 1.165) is 12.1 Å². The molecule has 1 aromatic rings. The van der Waals surface area contributed by atoms with E-state index in [9.17, 15) is 9.90 Å². The van der Waals surface area contributed by atoms with Crippen LogP contribution in [0.25, 0.3) is 0 Å². The Morgan fingerprint density at radius 3 is 2.67 bits per heavy atom. The highest BCUT2D eigenvalue weighted by atomic mass is 35.5. The molecule has 0 saturated carbocycles. The van der Waals surface area contributed by atoms with E-state index in [1.54, 1.807) is 12.1 Å². The van der Waals surface area contributed by atoms with Gasteiger partial charge in [-0.3, -0.25) is 4.79 Å². The molecule has 6 heteroatoms. The number of carboxylic acid groups (broad SMARTS) is 1. The number of hydrogen-bond acceptors (Lipinski definition) is 2. The van der Waals surface area contributed by atoms with Crippen molar-refractivity contribution in [2.24, 2.45) is 5.92 Å². The van der Waals surface area contributed by atoms with E-state index < -0.39 is 5.97 Å². The summed E-state index contributed by atoms with van der Waals surface area (Å²) in [5.41, 5.74) is 0.930. The molecule has 3 nitrogen and oxygen atoms in total. The van der Waals surface area contributed by atoms with Gasteiger partial charge in [-0.25, -0.2) is 0 Å². The number of halogens is 3. The van der Waals surface area contributed by atoms with Crippen LogP contribution in [0.4, 0.5) is 0 Å². The Labute approximate surface area is 122 Å². The van der Waals surface area contributed by atoms with Crippen molar-refractivity contribution in [3.63, 3.8) is 0 Å². The first kappa shape index (κ1) is 15.6. The molecule has 100 valence electrons. The second kappa shape index (κ2) is 6.62. The summed E-state index contributed by atoms with van der Waals surface area (Å²) in [6.45, 7) is 1.41. The third kappa shape index (κ3) is 3.29. The summed E-state index contributed by atoms with van der Waals surface area (Å²) in [5, 5.41) is 13.4. The fraction of sp³-hybridized carbons (Fsp3) is 0.417. The van der Waals surface area contributed by atoms with Crippen LogP contribution < -0.4 is 5.32 Å². The zero-order valence-corrected chi connectivity index (χ0v) is 11.9. The number of aliphatic carboxylic acids is 1. The van der Waals surface area contributed by atoms with Crippen LogP contribution in [0, 0.1) is 5.92 Å². The summed E-state index contributed by atoms with van der Waals surface area (Å²) in [6.07, 6.45) is 0.639. The molecule has 0 radical (unpaired) electrons. The molecule has 1 aromatic carbocycles. The van der Waals surface area contributed by atoms with Gasteiger partial charge in [0.15, 0.2) is 0 Å². The Balaban J connectivity index is 0.00000162. The lowest BCUT2D eigenvalue weighted by atomic mass is 9.81. The van der Waals surface area contributed by atoms with Gasteiger partial charge in [-0.2, -0.15) is 0 Å². The minimum Gasteiger partial charge on any atom is -0.481 e. The van der Waals surface area contributed by atoms with Gasteiger partial charge in [-0.15, -0.1) is 12.4 Å². The fourth-order valence-electron chi connectivity index (χ4n) is 2.25. The number of nitrogens with one attached hydrogen (secondary N) is 1. The lowest BCUT2D eigenvalue weighted by Crippen LogP contribution is -2.38. The molecule has 1 aliphatic rings. The molecule has 1 heterocycles. The van der Waals surface area contributed by atoms with Crippen molar-refractivity contribution in [1.29, 1.82) is 0 Å². The van der Waals surface area contributed by atoms with Gasteiger partial charge in [0.25, 0.3) is 0 Å². The monoisotopic (exact) mass is 309 g/mol. The smallest absolute Gasteiger partial charge is 0.307 e. The maximum absolute atomic E-state index is 11.2. The molecule has 0 amide bonds. The van der Waals surface area contributed by atoms with Crippen molar-refractivity contribution >= 4 is 41.6 Å². The van der Waals surface area contributed by atoms with E-state index in [-0.39, 0.29) is 24.2 Å². The molecule has 0 bridgehead atoms. The molecule has 2 atom stereocenters. The first-order chi connectivity index (χ1) is 8.09. The molecule has 1 saturated heterocycles. The normalized spacial score (nSPS) is 23.2. The van der Waals surface area contributed by atoms with Crippen molar-refractivity contribution in [1.82, 2.24) is 5.32 Å². The van der Waals surface area contributed by atoms with E-state index in [1.165, 1.54) is 0 Å². The highest BCUT2D eigenvalue weighted by molar-refractivity contribution is 6.42. The van der Waals surface area contributed by atoms with Crippen molar-refractivity contribution in [2.45, 2.75) is 12.3 Å². The summed E-state index contributed by atoms with van der Waals surface area (Å²) in [4.78, 5) is 11.2. The van der Waals surface area contributed by atoms with Gasteiger partial charge in [0.2, 0.25) is 0 Å². The van der Waals surface area contributed by atoms with Crippen molar-refractivity contribution in [3.05, 3.63) is 33.8 Å². The van der Waals surface area contributed by atoms with Crippen LogP contribution in [-0.4, -0.2) is 24.2 Å². The number of rotatable bonds is 2. The molecular formula is C12H14Cl3NO2. The molecule has 2 N–H and O–H groups in total. The molecule has 1 aliphatic heterocycles. The minimum atomic E-state index is -0.748. The van der Waals surface area contributed by atoms with Crippen LogP contribution in [-0.2, 0) is 4.79 Å². The number of hydrogen-bond donors (Lipinski definition) is 2. The summed E-state index contributed by atoms with van der Waals surface area (Å²) in [5.74, 6) is -1.15. The lowest BCUT2D eigenvalue weighted by Gasteiger charge is -2.29. The molecule has 18 heavy (non-hydrogen) atoms. The zero-order chi connectivity index (χ0) is 12.4. The lowest BCUT2D eigenvalue weighted by molar-refractivity contribution is -0.143. The molecule has 2 rings (SSSR count). The Bertz CT molecular complexity index is 439. The van der Waals surface area contributed by atoms with Gasteiger partial charge >= 0.3 is 5.97 Å². The third-order valence-corrected chi connectivity index (χ3v) is 3.91. The van der Waals surface area contributed by atoms with Crippen molar-refractivity contribution in [2.75, 3.05) is 13.1 Å². The van der Waals surface area contributed by atoms with Crippen LogP contribution in [0.15, 0.2) is 18.2 Å². The van der Waals surface area contributed by atoms with Crippen LogP contribution in [0.1, 0.15) is 17.9 Å². The van der Waals surface area contributed by atoms with E-state index in [2.05, 4.69) is 5.32 Å². The Morgan fingerprint density at radius 1 is 1.33 bits per heavy atom. The van der Waals surface area contributed by atoms with E-state index in [4.69, 9.17) is 23.2 Å². The predicted octanol–water partition coefficient (Wildman–Crippen LogP) is 3.19. The Kier molecular flexibility index (Phi) is 5.73. The molecule has 0 aliphatic carbocycles. The second-order valence-electron chi connectivity index (χ2n) is 4.22. The third-order valence-electron chi connectivity index (χ3n) is 3.17. The molecule has 0 aromatic heterocycles. The average Bonchev–Trinajstić information content (AvgIpc) is 2.32. The van der Waals surface area contributed by atoms with E-state index in [1.807, 2.05) is 6.07 Å². The molecular weight excluding hydrogens is 296 g/mol. The van der Waals surface area contributed by atoms with Gasteiger partial charge in [-0.1, -0.05) is 29.3 Å². The predicted molar refractivity (Wildman–Crippen MR) is 75.1 cm³/mol. The van der Waals surface area contributed by atoms with Gasteiger partial charge < -0.3 is 10.4 Å². The summed E-state index contributed by atoms with van der Waals surface area (Å²) >= 11 is 11.8. The average molecular weight is 311 g/mol. The van der Waals surface area contributed by atoms with Crippen LogP contribution in [0.3, 0.4) is 0 Å². The largest absolute Gasteiger partial charge is 0.481 e. The molecule has 0 unspecified atom stereocenters. The van der Waals surface area contributed by atoms with E-state index in [0.29, 0.717) is 23.0 Å². The number of benzene rings is 1. The zero-order valence-electron chi connectivity index (χ0n) is 9.53. The highest BCUT2D eigenvalue weighted by Gasteiger charge is 2.31. The maximum atomic E-state index is 11.2. The second-order valence-corrected chi connectivity index (χ2v) is 5.03. The van der Waals surface area contributed by atoms with Gasteiger partial charge in [0, 0.05) is 12.5 Å². The van der Waals surface area contributed by atoms with Crippen LogP contribution in [0.2, 0.25) is 10.0 Å². The van der Waals surface area contributed by atoms with Crippen molar-refractivity contribution < 1.29 is 9.90 Å². The first-order valence-corrected chi connectivity index (χ1v) is 6.23. The summed E-state index contributed by atoms with van der Waals surface area (Å²) < 4.78 is 0. The van der Waals surface area contributed by atoms with Gasteiger partial charge in [0.1, 0.15) is 0 Å². The quantitative estimate of drug-likeness (QED) is 0.882. The number of piperidine rings is 1. The fourth-order valence-corrected chi connectivity index (χ4v) is 2.55. The highest BCUT2D eigenvalue weighted by Crippen LogP contribution is 2.33. The van der Waals surface area contributed by atoms with Crippen molar-refractivity contribution in [3.8, 4) is 0 Å². The summed E-state index contributed by atoms with van der Waals surface area (Å²) in [6, 6.07) is 5.33. The number of carbonyl (C=O) groups is 1. The first-order valence-electron chi connectivity index (χ1n) is 5.48. The van der Waals surface area contributed by atoms with Crippen LogP contribution >= 0.6 is 35.6 Å². The van der Waals surface area contributed by atoms with Gasteiger partial charge in [0.05, 0.1) is 16.0 Å². The Morgan fingerprint density at radius 2 is 2.06 bits per heavy atom. The topological polar surface area (TPSA) is 49.3 Å². The maximum Gasteiger partial charge on any atom is 0.307 e. The SMILES string of the molecule is Cl.O=C(O)[C@H]1CCNC[C@H]1c1ccc(Cl)c(Cl)c1. The van der Waals surface area contributed by atoms with Crippen LogP contribution in [0.5, 0.6) is 0 Å². The van der Waals surface area contributed by atoms with Gasteiger partial charge in [-0.05, 0) is 30.7 Å². The standard InChI is InChI=1S/C12H13Cl2NO2.ClH/c13-10-2-1-7(5-11(10)14)9-6-15-4-3-8(9)12(16)17;/h1-2,5,8-9,15H,3-4,6H2,(H,16,17);1H/t8-,9-;/m0./s1. The Hall–Kier alpha value is -0.480. The van der Waals surface area contributed by atoms with E-state index >= 15 is 0 Å². The summed E-state index contributed by atoms with van der Waals surface area (Å²) in [7, 11) is 0. The minimum absolute atomic E-state index is 0. The molecule has 0 spiro atoms. The molecule has 1 fully saturated rings. The number of carboxylic acids is 1.